The second kappa shape index (κ2) is 12.2. The first-order valence-electron chi connectivity index (χ1n) is 14.3. The summed E-state index contributed by atoms with van der Waals surface area (Å²) >= 11 is 12.6. The van der Waals surface area contributed by atoms with E-state index in [1.807, 2.05) is 24.3 Å². The summed E-state index contributed by atoms with van der Waals surface area (Å²) in [7, 11) is -4.08. The van der Waals surface area contributed by atoms with E-state index in [9.17, 15) is 22.4 Å². The molecule has 0 radical (unpaired) electrons. The van der Waals surface area contributed by atoms with Gasteiger partial charge in [-0.3, -0.25) is 19.1 Å². The predicted octanol–water partition coefficient (Wildman–Crippen LogP) is 5.34. The van der Waals surface area contributed by atoms with Gasteiger partial charge in [-0.05, 0) is 41.8 Å². The van der Waals surface area contributed by atoms with E-state index in [2.05, 4.69) is 9.97 Å². The van der Waals surface area contributed by atoms with Gasteiger partial charge in [-0.2, -0.15) is 4.31 Å². The Labute approximate surface area is 270 Å². The smallest absolute Gasteiger partial charge is 0.260 e. The molecule has 45 heavy (non-hydrogen) atoms. The summed E-state index contributed by atoms with van der Waals surface area (Å²) in [6, 6.07) is 12.9. The van der Waals surface area contributed by atoms with Crippen molar-refractivity contribution in [1.29, 1.82) is 0 Å². The number of fused-ring (bicyclic) bond motifs is 1. The number of piperazine rings is 1. The Hall–Kier alpha value is -3.84. The van der Waals surface area contributed by atoms with Crippen LogP contribution in [0.2, 0.25) is 10.0 Å². The SMILES string of the molecule is CC(=O)N1CCN(S(=O)(=O)c2cnc3n2[C@@H](Cc2ccc(-c4cncc(F)c4)cc2)[C@@H](C)C(=O)N3c2cc(Cl)cc(Cl)c2)CC1. The summed E-state index contributed by atoms with van der Waals surface area (Å²) < 4.78 is 45.0. The molecule has 10 nitrogen and oxygen atoms in total. The molecule has 0 bridgehead atoms. The minimum atomic E-state index is -4.08. The largest absolute Gasteiger partial charge is 0.340 e. The van der Waals surface area contributed by atoms with Crippen molar-refractivity contribution in [3.05, 3.63) is 88.5 Å². The molecule has 14 heteroatoms. The number of hydrogen-bond donors (Lipinski definition) is 0. The standard InChI is InChI=1S/C31H29Cl2FN6O4S/c1-19-28(11-21-3-5-22(6-4-21)23-12-26(34)17-35-16-23)40-29(45(43,44)38-9-7-37(8-10-38)20(2)41)18-36-31(40)39(30(19)42)27-14-24(32)13-25(33)15-27/h3-6,12-19,28H,7-11H2,1-2H3/t19-,28+/m1/s1. The van der Waals surface area contributed by atoms with Gasteiger partial charge < -0.3 is 4.90 Å². The van der Waals surface area contributed by atoms with E-state index in [0.29, 0.717) is 27.7 Å². The van der Waals surface area contributed by atoms with Crippen molar-refractivity contribution in [2.75, 3.05) is 31.1 Å². The summed E-state index contributed by atoms with van der Waals surface area (Å²) in [5, 5.41) is 0.560. The fraction of sp³-hybridized carbons (Fsp3) is 0.290. The fourth-order valence-corrected chi connectivity index (χ4v) is 7.97. The Balaban J connectivity index is 1.41. The van der Waals surface area contributed by atoms with Gasteiger partial charge in [-0.25, -0.2) is 22.7 Å². The lowest BCUT2D eigenvalue weighted by molar-refractivity contribution is -0.130. The van der Waals surface area contributed by atoms with E-state index in [-0.39, 0.29) is 49.0 Å². The minimum Gasteiger partial charge on any atom is -0.340 e. The molecule has 0 N–H and O–H groups in total. The van der Waals surface area contributed by atoms with Crippen molar-refractivity contribution in [2.24, 2.45) is 5.92 Å². The highest BCUT2D eigenvalue weighted by molar-refractivity contribution is 7.89. The van der Waals surface area contributed by atoms with Gasteiger partial charge in [0.05, 0.1) is 30.0 Å². The molecule has 1 saturated heterocycles. The molecule has 2 aliphatic rings. The highest BCUT2D eigenvalue weighted by Gasteiger charge is 2.44. The molecule has 6 rings (SSSR count). The number of anilines is 2. The number of nitrogens with zero attached hydrogens (tertiary/aromatic N) is 6. The number of benzene rings is 2. The molecule has 0 unspecified atom stereocenters. The Bertz CT molecular complexity index is 1870. The average Bonchev–Trinajstić information content (AvgIpc) is 3.45. The maximum Gasteiger partial charge on any atom is 0.260 e. The zero-order valence-electron chi connectivity index (χ0n) is 24.4. The molecule has 2 atom stereocenters. The maximum atomic E-state index is 14.1. The highest BCUT2D eigenvalue weighted by Crippen LogP contribution is 2.43. The number of imidazole rings is 1. The first kappa shape index (κ1) is 31.2. The van der Waals surface area contributed by atoms with Gasteiger partial charge >= 0.3 is 0 Å². The lowest BCUT2D eigenvalue weighted by atomic mass is 9.91. The van der Waals surface area contributed by atoms with Crippen molar-refractivity contribution >= 4 is 56.7 Å². The Morgan fingerprint density at radius 1 is 0.956 bits per heavy atom. The molecule has 234 valence electrons. The summed E-state index contributed by atoms with van der Waals surface area (Å²) in [4.78, 5) is 37.2. The normalized spacial score (nSPS) is 19.1. The van der Waals surface area contributed by atoms with Crippen LogP contribution < -0.4 is 4.90 Å². The number of pyridine rings is 1. The molecule has 2 aromatic heterocycles. The van der Waals surface area contributed by atoms with Crippen LogP contribution in [0.4, 0.5) is 16.0 Å². The molecule has 2 aromatic carbocycles. The quantitative estimate of drug-likeness (QED) is 0.274. The molecular formula is C31H29Cl2FN6O4S. The topological polar surface area (TPSA) is 109 Å². The summed E-state index contributed by atoms with van der Waals surface area (Å²) in [5.41, 5.74) is 2.58. The summed E-state index contributed by atoms with van der Waals surface area (Å²) in [5.74, 6) is -1.40. The molecule has 1 fully saturated rings. The van der Waals surface area contributed by atoms with Gasteiger partial charge in [0.2, 0.25) is 17.8 Å². The zero-order valence-corrected chi connectivity index (χ0v) is 26.7. The number of hydrogen-bond acceptors (Lipinski definition) is 6. The lowest BCUT2D eigenvalue weighted by Crippen LogP contribution is -2.50. The van der Waals surface area contributed by atoms with Gasteiger partial charge in [0.1, 0.15) is 5.82 Å². The van der Waals surface area contributed by atoms with Gasteiger partial charge in [0.25, 0.3) is 10.0 Å². The number of carbonyl (C=O) groups is 2. The molecule has 2 amide bonds. The van der Waals surface area contributed by atoms with Gasteiger partial charge in [-0.1, -0.05) is 54.4 Å². The van der Waals surface area contributed by atoms with E-state index in [4.69, 9.17) is 23.2 Å². The number of halogens is 3. The second-order valence-electron chi connectivity index (χ2n) is 11.1. The third-order valence-electron chi connectivity index (χ3n) is 8.29. The van der Waals surface area contributed by atoms with Crippen molar-refractivity contribution in [3.63, 3.8) is 0 Å². The van der Waals surface area contributed by atoms with Gasteiger partial charge in [0.15, 0.2) is 5.03 Å². The Kier molecular flexibility index (Phi) is 8.42. The number of aromatic nitrogens is 3. The number of carbonyl (C=O) groups excluding carboxylic acids is 2. The predicted molar refractivity (Wildman–Crippen MR) is 168 cm³/mol. The fourth-order valence-electron chi connectivity index (χ4n) is 5.89. The van der Waals surface area contributed by atoms with Gasteiger partial charge in [-0.15, -0.1) is 0 Å². The van der Waals surface area contributed by atoms with Crippen LogP contribution in [0.15, 0.2) is 72.1 Å². The van der Waals surface area contributed by atoms with E-state index < -0.39 is 27.8 Å². The van der Waals surface area contributed by atoms with Crippen LogP contribution in [0.25, 0.3) is 11.1 Å². The number of sulfonamides is 1. The molecule has 2 aliphatic heterocycles. The van der Waals surface area contributed by atoms with Crippen LogP contribution in [0.1, 0.15) is 25.5 Å². The highest BCUT2D eigenvalue weighted by atomic mass is 35.5. The first-order valence-corrected chi connectivity index (χ1v) is 16.5. The minimum absolute atomic E-state index is 0.0568. The monoisotopic (exact) mass is 670 g/mol. The van der Waals surface area contributed by atoms with Crippen LogP contribution >= 0.6 is 23.2 Å². The summed E-state index contributed by atoms with van der Waals surface area (Å²) in [6.07, 6.45) is 4.29. The van der Waals surface area contributed by atoms with Gasteiger partial charge in [0, 0.05) is 54.9 Å². The van der Waals surface area contributed by atoms with Crippen LogP contribution in [0, 0.1) is 11.7 Å². The zero-order chi connectivity index (χ0) is 32.0. The van der Waals surface area contributed by atoms with Crippen molar-refractivity contribution < 1.29 is 22.4 Å². The molecule has 0 saturated carbocycles. The summed E-state index contributed by atoms with van der Waals surface area (Å²) in [6.45, 7) is 4.02. The van der Waals surface area contributed by atoms with Crippen LogP contribution in [0.5, 0.6) is 0 Å². The third-order valence-corrected chi connectivity index (χ3v) is 10.6. The Morgan fingerprint density at radius 2 is 1.62 bits per heavy atom. The van der Waals surface area contributed by atoms with Crippen molar-refractivity contribution in [3.8, 4) is 11.1 Å². The van der Waals surface area contributed by atoms with Crippen LogP contribution in [-0.2, 0) is 26.0 Å². The van der Waals surface area contributed by atoms with E-state index in [1.165, 1.54) is 28.4 Å². The molecular weight excluding hydrogens is 642 g/mol. The number of rotatable bonds is 6. The van der Waals surface area contributed by atoms with Crippen LogP contribution in [-0.4, -0.2) is 70.2 Å². The van der Waals surface area contributed by atoms with Crippen molar-refractivity contribution in [2.45, 2.75) is 31.3 Å². The molecule has 4 heterocycles. The molecule has 4 aromatic rings. The molecule has 0 spiro atoms. The maximum absolute atomic E-state index is 14.1. The number of amides is 2. The Morgan fingerprint density at radius 3 is 2.24 bits per heavy atom. The van der Waals surface area contributed by atoms with E-state index >= 15 is 0 Å². The third kappa shape index (κ3) is 5.95. The van der Waals surface area contributed by atoms with Crippen LogP contribution in [0.3, 0.4) is 0 Å². The second-order valence-corrected chi connectivity index (χ2v) is 13.9. The van der Waals surface area contributed by atoms with E-state index in [0.717, 1.165) is 17.3 Å². The average molecular weight is 672 g/mol. The van der Waals surface area contributed by atoms with Crippen molar-refractivity contribution in [1.82, 2.24) is 23.7 Å². The molecule has 0 aliphatic carbocycles. The van der Waals surface area contributed by atoms with E-state index in [1.54, 1.807) is 40.8 Å². The lowest BCUT2D eigenvalue weighted by Gasteiger charge is -2.39. The first-order chi connectivity index (χ1) is 21.4.